The molecule has 1 aromatic heterocycles. The fraction of sp³-hybridized carbons (Fsp3) is 0.348. The van der Waals surface area contributed by atoms with Crippen LogP contribution in [0.3, 0.4) is 0 Å². The van der Waals surface area contributed by atoms with Gasteiger partial charge in [0.1, 0.15) is 0 Å². The Labute approximate surface area is 176 Å². The second-order valence-corrected chi connectivity index (χ2v) is 8.02. The van der Waals surface area contributed by atoms with Crippen molar-refractivity contribution in [1.29, 1.82) is 0 Å². The lowest BCUT2D eigenvalue weighted by molar-refractivity contribution is 0.259. The van der Waals surface area contributed by atoms with Crippen LogP contribution in [-0.4, -0.2) is 42.7 Å². The third kappa shape index (κ3) is 5.73. The highest BCUT2D eigenvalue weighted by atomic mass is 19.1. The van der Waals surface area contributed by atoms with E-state index in [1.807, 2.05) is 58.4 Å². The number of hydrogen-bond acceptors (Lipinski definition) is 3. The van der Waals surface area contributed by atoms with Crippen molar-refractivity contribution in [2.24, 2.45) is 5.92 Å². The quantitative estimate of drug-likeness (QED) is 0.546. The molecule has 0 saturated carbocycles. The van der Waals surface area contributed by atoms with E-state index in [1.54, 1.807) is 6.07 Å². The molecule has 6 nitrogen and oxygen atoms in total. The molecule has 0 bridgehead atoms. The SMILES string of the molecule is CC(C)COc1ccc(NC(=O)Nc2ccc3c(ccn3CCN(C)C)c2)cc1F. The predicted octanol–water partition coefficient (Wildman–Crippen LogP) is 5.02. The monoisotopic (exact) mass is 412 g/mol. The van der Waals surface area contributed by atoms with Gasteiger partial charge in [0.05, 0.1) is 6.61 Å². The minimum Gasteiger partial charge on any atom is -0.490 e. The Balaban J connectivity index is 1.62. The van der Waals surface area contributed by atoms with E-state index in [-0.39, 0.29) is 5.75 Å². The minimum absolute atomic E-state index is 0.180. The molecule has 30 heavy (non-hydrogen) atoms. The van der Waals surface area contributed by atoms with Crippen molar-refractivity contribution in [3.63, 3.8) is 0 Å². The summed E-state index contributed by atoms with van der Waals surface area (Å²) in [7, 11) is 4.09. The van der Waals surface area contributed by atoms with E-state index in [1.165, 1.54) is 12.1 Å². The maximum absolute atomic E-state index is 14.2. The molecule has 0 radical (unpaired) electrons. The smallest absolute Gasteiger partial charge is 0.323 e. The first-order valence-electron chi connectivity index (χ1n) is 10.1. The lowest BCUT2D eigenvalue weighted by Crippen LogP contribution is -2.19. The Hall–Kier alpha value is -3.06. The van der Waals surface area contributed by atoms with E-state index in [0.29, 0.717) is 23.9 Å². The number of nitrogens with one attached hydrogen (secondary N) is 2. The molecular weight excluding hydrogens is 383 g/mol. The number of aromatic nitrogens is 1. The lowest BCUT2D eigenvalue weighted by atomic mass is 10.2. The molecule has 0 atom stereocenters. The molecule has 2 aromatic carbocycles. The highest BCUT2D eigenvalue weighted by molar-refractivity contribution is 6.01. The number of likely N-dealkylation sites (N-methyl/N-ethyl adjacent to an activating group) is 1. The first-order chi connectivity index (χ1) is 14.3. The van der Waals surface area contributed by atoms with E-state index >= 15 is 0 Å². The highest BCUT2D eigenvalue weighted by Crippen LogP contribution is 2.23. The Morgan fingerprint density at radius 1 is 1.10 bits per heavy atom. The van der Waals surface area contributed by atoms with E-state index < -0.39 is 11.8 Å². The van der Waals surface area contributed by atoms with Gasteiger partial charge in [0.25, 0.3) is 0 Å². The summed E-state index contributed by atoms with van der Waals surface area (Å²) < 4.78 is 21.8. The standard InChI is InChI=1S/C23H29FN4O2/c1-16(2)15-30-22-8-6-19(14-20(22)24)26-23(29)25-18-5-7-21-17(13-18)9-10-28(21)12-11-27(3)4/h5-10,13-14,16H,11-12,15H2,1-4H3,(H2,25,26,29). The van der Waals surface area contributed by atoms with Gasteiger partial charge in [-0.25, -0.2) is 9.18 Å². The van der Waals surface area contributed by atoms with Crippen LogP contribution in [0, 0.1) is 11.7 Å². The van der Waals surface area contributed by atoms with Gasteiger partial charge >= 0.3 is 6.03 Å². The fourth-order valence-electron chi connectivity index (χ4n) is 3.03. The number of hydrogen-bond donors (Lipinski definition) is 2. The van der Waals surface area contributed by atoms with Gasteiger partial charge in [0.2, 0.25) is 0 Å². The molecule has 3 rings (SSSR count). The molecule has 0 fully saturated rings. The zero-order valence-corrected chi connectivity index (χ0v) is 17.9. The summed E-state index contributed by atoms with van der Waals surface area (Å²) in [5.41, 5.74) is 2.14. The van der Waals surface area contributed by atoms with Crippen molar-refractivity contribution in [3.8, 4) is 5.75 Å². The van der Waals surface area contributed by atoms with Crippen molar-refractivity contribution in [2.45, 2.75) is 20.4 Å². The number of halogens is 1. The average molecular weight is 413 g/mol. The van der Waals surface area contributed by atoms with Gasteiger partial charge in [-0.2, -0.15) is 0 Å². The molecule has 1 heterocycles. The Morgan fingerprint density at radius 2 is 1.80 bits per heavy atom. The van der Waals surface area contributed by atoms with Gasteiger partial charge in [-0.1, -0.05) is 13.8 Å². The molecule has 0 aliphatic heterocycles. The summed E-state index contributed by atoms with van der Waals surface area (Å²) in [6.45, 7) is 6.27. The summed E-state index contributed by atoms with van der Waals surface area (Å²) in [6, 6.07) is 11.8. The number of urea groups is 1. The largest absolute Gasteiger partial charge is 0.490 e. The molecule has 0 unspecified atom stereocenters. The molecule has 0 saturated heterocycles. The van der Waals surface area contributed by atoms with Gasteiger partial charge in [0, 0.05) is 47.6 Å². The number of ether oxygens (including phenoxy) is 1. The van der Waals surface area contributed by atoms with Crippen LogP contribution in [0.2, 0.25) is 0 Å². The summed E-state index contributed by atoms with van der Waals surface area (Å²) in [5, 5.41) is 6.49. The number of carbonyl (C=O) groups is 1. The highest BCUT2D eigenvalue weighted by Gasteiger charge is 2.09. The van der Waals surface area contributed by atoms with Crippen molar-refractivity contribution in [3.05, 3.63) is 54.5 Å². The molecule has 0 aliphatic carbocycles. The van der Waals surface area contributed by atoms with E-state index in [9.17, 15) is 9.18 Å². The molecule has 2 N–H and O–H groups in total. The predicted molar refractivity (Wildman–Crippen MR) is 120 cm³/mol. The summed E-state index contributed by atoms with van der Waals surface area (Å²) in [5.74, 6) is -0.0250. The normalized spacial score (nSPS) is 11.3. The number of carbonyl (C=O) groups excluding carboxylic acids is 1. The summed E-state index contributed by atoms with van der Waals surface area (Å²) in [6.07, 6.45) is 2.05. The molecule has 160 valence electrons. The Bertz CT molecular complexity index is 1010. The molecular formula is C23H29FN4O2. The average Bonchev–Trinajstić information content (AvgIpc) is 3.07. The van der Waals surface area contributed by atoms with Crippen molar-refractivity contribution >= 4 is 28.3 Å². The zero-order chi connectivity index (χ0) is 21.7. The summed E-state index contributed by atoms with van der Waals surface area (Å²) >= 11 is 0. The number of benzene rings is 2. The van der Waals surface area contributed by atoms with E-state index in [0.717, 1.165) is 24.0 Å². The first kappa shape index (κ1) is 21.6. The maximum Gasteiger partial charge on any atom is 0.323 e. The van der Waals surface area contributed by atoms with E-state index in [4.69, 9.17) is 4.74 Å². The number of nitrogens with zero attached hydrogens (tertiary/aromatic N) is 2. The molecule has 2 amide bonds. The van der Waals surface area contributed by atoms with Crippen LogP contribution in [0.5, 0.6) is 5.75 Å². The van der Waals surface area contributed by atoms with Crippen LogP contribution in [0.4, 0.5) is 20.6 Å². The van der Waals surface area contributed by atoms with Crippen LogP contribution in [0.1, 0.15) is 13.8 Å². The van der Waals surface area contributed by atoms with Crippen molar-refractivity contribution < 1.29 is 13.9 Å². The van der Waals surface area contributed by atoms with Crippen LogP contribution in [0.15, 0.2) is 48.7 Å². The second-order valence-electron chi connectivity index (χ2n) is 8.02. The molecule has 3 aromatic rings. The Kier molecular flexibility index (Phi) is 6.95. The number of fused-ring (bicyclic) bond motifs is 1. The number of rotatable bonds is 8. The number of amides is 2. The third-order valence-corrected chi connectivity index (χ3v) is 4.58. The van der Waals surface area contributed by atoms with Gasteiger partial charge in [-0.15, -0.1) is 0 Å². The minimum atomic E-state index is -0.506. The first-order valence-corrected chi connectivity index (χ1v) is 10.1. The topological polar surface area (TPSA) is 58.5 Å². The molecule has 0 aliphatic rings. The van der Waals surface area contributed by atoms with Gasteiger partial charge in [0.15, 0.2) is 11.6 Å². The fourth-order valence-corrected chi connectivity index (χ4v) is 3.03. The van der Waals surface area contributed by atoms with Crippen molar-refractivity contribution in [2.75, 3.05) is 37.9 Å². The van der Waals surface area contributed by atoms with Crippen LogP contribution in [-0.2, 0) is 6.54 Å². The number of anilines is 2. The van der Waals surface area contributed by atoms with E-state index in [2.05, 4.69) is 20.1 Å². The van der Waals surface area contributed by atoms with Gasteiger partial charge in [-0.05, 0) is 56.4 Å². The van der Waals surface area contributed by atoms with Gasteiger partial charge in [-0.3, -0.25) is 0 Å². The second kappa shape index (κ2) is 9.63. The lowest BCUT2D eigenvalue weighted by Gasteiger charge is -2.12. The maximum atomic E-state index is 14.2. The van der Waals surface area contributed by atoms with Gasteiger partial charge < -0.3 is 24.8 Å². The van der Waals surface area contributed by atoms with Crippen LogP contribution in [0.25, 0.3) is 10.9 Å². The Morgan fingerprint density at radius 3 is 2.47 bits per heavy atom. The third-order valence-electron chi connectivity index (χ3n) is 4.58. The van der Waals surface area contributed by atoms with Crippen LogP contribution >= 0.6 is 0 Å². The molecule has 7 heteroatoms. The molecule has 0 spiro atoms. The van der Waals surface area contributed by atoms with Crippen LogP contribution < -0.4 is 15.4 Å². The van der Waals surface area contributed by atoms with Crippen molar-refractivity contribution in [1.82, 2.24) is 9.47 Å². The zero-order valence-electron chi connectivity index (χ0n) is 17.9. The summed E-state index contributed by atoms with van der Waals surface area (Å²) in [4.78, 5) is 14.5.